The lowest BCUT2D eigenvalue weighted by molar-refractivity contribution is -0.147. The lowest BCUT2D eigenvalue weighted by Gasteiger charge is -2.19. The fourth-order valence-corrected chi connectivity index (χ4v) is 2.24. The molecule has 0 fully saturated rings. The van der Waals surface area contributed by atoms with Gasteiger partial charge in [0.15, 0.2) is 0 Å². The molecule has 2 rings (SSSR count). The quantitative estimate of drug-likeness (QED) is 0.834. The first kappa shape index (κ1) is 17.3. The third-order valence-electron chi connectivity index (χ3n) is 3.73. The Morgan fingerprint density at radius 1 is 1.43 bits per heavy atom. The summed E-state index contributed by atoms with van der Waals surface area (Å²) < 4.78 is 5.58. The average Bonchev–Trinajstić information content (AvgIpc) is 2.49. The van der Waals surface area contributed by atoms with Crippen LogP contribution in [0.4, 0.5) is 0 Å². The highest BCUT2D eigenvalue weighted by Crippen LogP contribution is 2.28. The summed E-state index contributed by atoms with van der Waals surface area (Å²) in [5.41, 5.74) is 3.20. The summed E-state index contributed by atoms with van der Waals surface area (Å²) in [4.78, 5) is 22.2. The molecule has 0 saturated heterocycles. The van der Waals surface area contributed by atoms with Crippen molar-refractivity contribution < 1.29 is 19.4 Å². The number of ether oxygens (including phenoxy) is 1. The summed E-state index contributed by atoms with van der Waals surface area (Å²) in [7, 11) is 0. The summed E-state index contributed by atoms with van der Waals surface area (Å²) in [5, 5.41) is 13.5. The summed E-state index contributed by atoms with van der Waals surface area (Å²) in [5.74, 6) is -0.460. The summed E-state index contributed by atoms with van der Waals surface area (Å²) >= 11 is 6.21. The average molecular weight is 339 g/mol. The summed E-state index contributed by atoms with van der Waals surface area (Å²) in [6, 6.07) is 5.28. The number of carboxylic acid groups (broad SMARTS) is 1. The number of carbonyl (C=O) groups is 2. The summed E-state index contributed by atoms with van der Waals surface area (Å²) in [6.45, 7) is 3.56. The number of aliphatic carboxylic acids is 1. The van der Waals surface area contributed by atoms with Crippen LogP contribution in [0.25, 0.3) is 0 Å². The number of amides is 1. The van der Waals surface area contributed by atoms with Crippen molar-refractivity contribution in [2.45, 2.75) is 33.1 Å². The number of nitrogens with zero attached hydrogens (tertiary/aromatic N) is 1. The lowest BCUT2D eigenvalue weighted by atomic mass is 9.90. The Hall–Kier alpha value is -2.08. The molecule has 0 bridgehead atoms. The van der Waals surface area contributed by atoms with Crippen LogP contribution in [0.1, 0.15) is 38.7 Å². The number of halogens is 1. The van der Waals surface area contributed by atoms with Gasteiger partial charge in [0.25, 0.3) is 0 Å². The van der Waals surface area contributed by atoms with E-state index < -0.39 is 11.4 Å². The van der Waals surface area contributed by atoms with Crippen molar-refractivity contribution in [2.24, 2.45) is 10.5 Å². The number of rotatable bonds is 6. The minimum absolute atomic E-state index is 0.0964. The molecule has 1 amide bonds. The molecule has 1 aliphatic heterocycles. The molecule has 7 heteroatoms. The van der Waals surface area contributed by atoms with E-state index in [4.69, 9.17) is 21.4 Å². The van der Waals surface area contributed by atoms with Crippen LogP contribution in [0.5, 0.6) is 5.75 Å². The van der Waals surface area contributed by atoms with E-state index in [0.29, 0.717) is 30.0 Å². The van der Waals surface area contributed by atoms with Gasteiger partial charge in [0, 0.05) is 12.8 Å². The maximum Gasteiger partial charge on any atom is 0.309 e. The van der Waals surface area contributed by atoms with E-state index in [1.807, 2.05) is 6.07 Å². The first-order chi connectivity index (χ1) is 10.8. The Morgan fingerprint density at radius 3 is 2.74 bits per heavy atom. The Balaban J connectivity index is 2.00. The fraction of sp³-hybridized carbons (Fsp3) is 0.438. The van der Waals surface area contributed by atoms with Gasteiger partial charge in [0.2, 0.25) is 5.91 Å². The van der Waals surface area contributed by atoms with Crippen LogP contribution in [-0.4, -0.2) is 29.3 Å². The normalized spacial score (nSPS) is 14.9. The van der Waals surface area contributed by atoms with Gasteiger partial charge in [-0.3, -0.25) is 9.59 Å². The second-order valence-electron chi connectivity index (χ2n) is 6.03. The van der Waals surface area contributed by atoms with Crippen molar-refractivity contribution in [3.63, 3.8) is 0 Å². The highest BCUT2D eigenvalue weighted by Gasteiger charge is 2.27. The third kappa shape index (κ3) is 4.45. The summed E-state index contributed by atoms with van der Waals surface area (Å²) in [6.07, 6.45) is 1.34. The van der Waals surface area contributed by atoms with Crippen molar-refractivity contribution in [2.75, 3.05) is 6.61 Å². The Labute approximate surface area is 139 Å². The SMILES string of the molecule is CC(C)(CCOc1ccc(C2=NNC(=O)CC2)cc1Cl)C(=O)O. The minimum atomic E-state index is -0.861. The molecule has 1 aliphatic rings. The number of benzene rings is 1. The van der Waals surface area contributed by atoms with E-state index in [9.17, 15) is 9.59 Å². The van der Waals surface area contributed by atoms with Gasteiger partial charge in [-0.05, 0) is 44.0 Å². The van der Waals surface area contributed by atoms with Gasteiger partial charge >= 0.3 is 5.97 Å². The van der Waals surface area contributed by atoms with Crippen LogP contribution >= 0.6 is 11.6 Å². The number of hydrazone groups is 1. The maximum atomic E-state index is 11.1. The van der Waals surface area contributed by atoms with Crippen molar-refractivity contribution >= 4 is 29.2 Å². The van der Waals surface area contributed by atoms with Gasteiger partial charge in [-0.2, -0.15) is 5.10 Å². The van der Waals surface area contributed by atoms with E-state index in [1.165, 1.54) is 0 Å². The molecule has 0 unspecified atom stereocenters. The number of hydrogen-bond acceptors (Lipinski definition) is 4. The fourth-order valence-electron chi connectivity index (χ4n) is 2.00. The molecule has 124 valence electrons. The largest absolute Gasteiger partial charge is 0.492 e. The van der Waals surface area contributed by atoms with Crippen molar-refractivity contribution in [3.8, 4) is 5.75 Å². The number of carbonyl (C=O) groups excluding carboxylic acids is 1. The molecule has 0 spiro atoms. The van der Waals surface area contributed by atoms with Gasteiger partial charge in [-0.1, -0.05) is 11.6 Å². The number of hydrogen-bond donors (Lipinski definition) is 2. The van der Waals surface area contributed by atoms with Gasteiger partial charge in [0.05, 0.1) is 22.8 Å². The zero-order chi connectivity index (χ0) is 17.0. The van der Waals surface area contributed by atoms with E-state index in [0.717, 1.165) is 11.3 Å². The molecule has 2 N–H and O–H groups in total. The zero-order valence-electron chi connectivity index (χ0n) is 13.1. The van der Waals surface area contributed by atoms with Crippen molar-refractivity contribution in [1.82, 2.24) is 5.43 Å². The van der Waals surface area contributed by atoms with Crippen molar-refractivity contribution in [3.05, 3.63) is 28.8 Å². The van der Waals surface area contributed by atoms with E-state index in [-0.39, 0.29) is 12.5 Å². The zero-order valence-corrected chi connectivity index (χ0v) is 13.8. The molecule has 23 heavy (non-hydrogen) atoms. The van der Waals surface area contributed by atoms with Gasteiger partial charge in [-0.15, -0.1) is 0 Å². The molecular weight excluding hydrogens is 320 g/mol. The second kappa shape index (κ2) is 7.00. The van der Waals surface area contributed by atoms with Crippen LogP contribution < -0.4 is 10.2 Å². The minimum Gasteiger partial charge on any atom is -0.492 e. The maximum absolute atomic E-state index is 11.1. The molecular formula is C16H19ClN2O4. The van der Waals surface area contributed by atoms with Gasteiger partial charge in [-0.25, -0.2) is 5.43 Å². The molecule has 0 saturated carbocycles. The van der Waals surface area contributed by atoms with Gasteiger partial charge < -0.3 is 9.84 Å². The van der Waals surface area contributed by atoms with Crippen LogP contribution in [0.3, 0.4) is 0 Å². The number of carboxylic acids is 1. The van der Waals surface area contributed by atoms with Crippen LogP contribution in [-0.2, 0) is 9.59 Å². The predicted octanol–water partition coefficient (Wildman–Crippen LogP) is 2.83. The van der Waals surface area contributed by atoms with Gasteiger partial charge in [0.1, 0.15) is 5.75 Å². The molecule has 0 aliphatic carbocycles. The first-order valence-corrected chi connectivity index (χ1v) is 7.69. The smallest absolute Gasteiger partial charge is 0.309 e. The molecule has 0 atom stereocenters. The molecule has 0 radical (unpaired) electrons. The van der Waals surface area contributed by atoms with Crippen LogP contribution in [0.15, 0.2) is 23.3 Å². The van der Waals surface area contributed by atoms with Crippen molar-refractivity contribution in [1.29, 1.82) is 0 Å². The number of nitrogens with one attached hydrogen (secondary N) is 1. The second-order valence-corrected chi connectivity index (χ2v) is 6.43. The monoisotopic (exact) mass is 338 g/mol. The third-order valence-corrected chi connectivity index (χ3v) is 4.03. The van der Waals surface area contributed by atoms with E-state index in [2.05, 4.69) is 10.5 Å². The van der Waals surface area contributed by atoms with E-state index >= 15 is 0 Å². The molecule has 1 heterocycles. The molecule has 1 aromatic carbocycles. The molecule has 1 aromatic rings. The highest BCUT2D eigenvalue weighted by atomic mass is 35.5. The standard InChI is InChI=1S/C16H19ClN2O4/c1-16(2,15(21)22)7-8-23-13-5-3-10(9-11(13)17)12-4-6-14(20)19-18-12/h3,5,9H,4,6-8H2,1-2H3,(H,19,20)(H,21,22). The molecule has 0 aromatic heterocycles. The topological polar surface area (TPSA) is 88.0 Å². The predicted molar refractivity (Wildman–Crippen MR) is 86.9 cm³/mol. The van der Waals surface area contributed by atoms with E-state index in [1.54, 1.807) is 26.0 Å². The Kier molecular flexibility index (Phi) is 5.26. The Bertz CT molecular complexity index is 655. The first-order valence-electron chi connectivity index (χ1n) is 7.31. The van der Waals surface area contributed by atoms with Crippen LogP contribution in [0.2, 0.25) is 5.02 Å². The lowest BCUT2D eigenvalue weighted by Crippen LogP contribution is -2.26. The Morgan fingerprint density at radius 2 is 2.17 bits per heavy atom. The molecule has 6 nitrogen and oxygen atoms in total. The highest BCUT2D eigenvalue weighted by molar-refractivity contribution is 6.32. The van der Waals surface area contributed by atoms with Crippen LogP contribution in [0, 0.1) is 5.41 Å².